The Bertz CT molecular complexity index is 502. The van der Waals surface area contributed by atoms with E-state index in [2.05, 4.69) is 39.8 Å². The summed E-state index contributed by atoms with van der Waals surface area (Å²) in [5.74, 6) is 0. The Labute approximate surface area is 120 Å². The number of nitrogens with one attached hydrogen (secondary N) is 1. The molecule has 2 nitrogen and oxygen atoms in total. The number of aromatic nitrogens is 1. The van der Waals surface area contributed by atoms with Crippen LogP contribution in [-0.4, -0.2) is 4.98 Å². The maximum atomic E-state index is 6.15. The van der Waals surface area contributed by atoms with Crippen molar-refractivity contribution in [2.45, 2.75) is 13.0 Å². The Morgan fingerprint density at radius 2 is 2.18 bits per heavy atom. The predicted molar refractivity (Wildman–Crippen MR) is 80.4 cm³/mol. The third-order valence-electron chi connectivity index (χ3n) is 2.48. The van der Waals surface area contributed by atoms with Crippen molar-refractivity contribution in [1.29, 1.82) is 0 Å². The highest BCUT2D eigenvalue weighted by molar-refractivity contribution is 14.1. The lowest BCUT2D eigenvalue weighted by atomic mass is 10.1. The lowest BCUT2D eigenvalue weighted by molar-refractivity contribution is 0.875. The molecule has 1 aromatic carbocycles. The lowest BCUT2D eigenvalue weighted by Crippen LogP contribution is -2.07. The largest absolute Gasteiger partial charge is 0.377 e. The molecule has 0 bridgehead atoms. The summed E-state index contributed by atoms with van der Waals surface area (Å²) >= 11 is 8.42. The molecule has 1 atom stereocenters. The molecule has 0 fully saturated rings. The highest BCUT2D eigenvalue weighted by Gasteiger charge is 2.07. The van der Waals surface area contributed by atoms with Gasteiger partial charge in [-0.05, 0) is 59.3 Å². The molecule has 88 valence electrons. The number of nitrogens with zero attached hydrogens (tertiary/aromatic N) is 1. The molecule has 1 N–H and O–H groups in total. The highest BCUT2D eigenvalue weighted by atomic mass is 127. The molecule has 0 spiro atoms. The van der Waals surface area contributed by atoms with Crippen LogP contribution in [0.2, 0.25) is 5.02 Å². The van der Waals surface area contributed by atoms with E-state index >= 15 is 0 Å². The van der Waals surface area contributed by atoms with Gasteiger partial charge in [0.25, 0.3) is 0 Å². The Kier molecular flexibility index (Phi) is 4.23. The Morgan fingerprint density at radius 3 is 2.88 bits per heavy atom. The zero-order valence-corrected chi connectivity index (χ0v) is 12.2. The van der Waals surface area contributed by atoms with Gasteiger partial charge in [0.1, 0.15) is 0 Å². The molecule has 0 aliphatic heterocycles. The van der Waals surface area contributed by atoms with Gasteiger partial charge in [0.2, 0.25) is 0 Å². The van der Waals surface area contributed by atoms with Crippen LogP contribution in [0.5, 0.6) is 0 Å². The van der Waals surface area contributed by atoms with Gasteiger partial charge >= 0.3 is 0 Å². The van der Waals surface area contributed by atoms with Crippen LogP contribution in [0.3, 0.4) is 0 Å². The van der Waals surface area contributed by atoms with Crippen molar-refractivity contribution < 1.29 is 0 Å². The maximum absolute atomic E-state index is 6.15. The van der Waals surface area contributed by atoms with E-state index in [-0.39, 0.29) is 6.04 Å². The third-order valence-corrected chi connectivity index (χ3v) is 3.49. The van der Waals surface area contributed by atoms with Crippen molar-refractivity contribution >= 4 is 39.9 Å². The summed E-state index contributed by atoms with van der Waals surface area (Å²) in [6.45, 7) is 2.09. The Balaban J connectivity index is 2.18. The van der Waals surface area contributed by atoms with Gasteiger partial charge in [-0.3, -0.25) is 4.98 Å². The minimum atomic E-state index is 0.180. The van der Waals surface area contributed by atoms with Crippen LogP contribution in [-0.2, 0) is 0 Å². The summed E-state index contributed by atoms with van der Waals surface area (Å²) in [4.78, 5) is 4.11. The van der Waals surface area contributed by atoms with Crippen molar-refractivity contribution in [2.24, 2.45) is 0 Å². The number of anilines is 1. The second-order valence-electron chi connectivity index (χ2n) is 3.78. The van der Waals surface area contributed by atoms with Gasteiger partial charge in [0, 0.05) is 16.0 Å². The molecule has 0 saturated carbocycles. The topological polar surface area (TPSA) is 24.9 Å². The average molecular weight is 359 g/mol. The van der Waals surface area contributed by atoms with Gasteiger partial charge in [-0.15, -0.1) is 0 Å². The fourth-order valence-corrected chi connectivity index (χ4v) is 2.22. The second kappa shape index (κ2) is 5.69. The summed E-state index contributed by atoms with van der Waals surface area (Å²) in [6, 6.07) is 10.1. The zero-order chi connectivity index (χ0) is 12.3. The van der Waals surface area contributed by atoms with Crippen LogP contribution in [0.25, 0.3) is 0 Å². The normalized spacial score (nSPS) is 12.2. The number of hydrogen-bond acceptors (Lipinski definition) is 2. The monoisotopic (exact) mass is 358 g/mol. The lowest BCUT2D eigenvalue weighted by Gasteiger charge is -2.16. The summed E-state index contributed by atoms with van der Waals surface area (Å²) < 4.78 is 1.16. The molecule has 2 rings (SSSR count). The molecule has 2 aromatic rings. The SMILES string of the molecule is CC(Nc1cc(I)ccc1Cl)c1cccnc1. The number of hydrogen-bond donors (Lipinski definition) is 1. The minimum absolute atomic E-state index is 0.180. The first-order valence-corrected chi connectivity index (χ1v) is 6.74. The van der Waals surface area contributed by atoms with Crippen LogP contribution < -0.4 is 5.32 Å². The van der Waals surface area contributed by atoms with Crippen LogP contribution >= 0.6 is 34.2 Å². The first kappa shape index (κ1) is 12.6. The quantitative estimate of drug-likeness (QED) is 0.817. The van der Waals surface area contributed by atoms with Gasteiger partial charge in [0.15, 0.2) is 0 Å². The van der Waals surface area contributed by atoms with Gasteiger partial charge in [-0.25, -0.2) is 0 Å². The fourth-order valence-electron chi connectivity index (χ4n) is 1.56. The molecule has 1 aromatic heterocycles. The van der Waals surface area contributed by atoms with E-state index in [1.807, 2.05) is 36.5 Å². The van der Waals surface area contributed by atoms with Crippen LogP contribution in [0, 0.1) is 3.57 Å². The predicted octanol–water partition coefficient (Wildman–Crippen LogP) is 4.51. The maximum Gasteiger partial charge on any atom is 0.0638 e. The zero-order valence-electron chi connectivity index (χ0n) is 9.32. The molecule has 17 heavy (non-hydrogen) atoms. The third kappa shape index (κ3) is 3.33. The van der Waals surface area contributed by atoms with Crippen molar-refractivity contribution in [3.63, 3.8) is 0 Å². The van der Waals surface area contributed by atoms with E-state index in [9.17, 15) is 0 Å². The number of rotatable bonds is 3. The van der Waals surface area contributed by atoms with E-state index < -0.39 is 0 Å². The number of benzene rings is 1. The van der Waals surface area contributed by atoms with E-state index in [1.165, 1.54) is 0 Å². The van der Waals surface area contributed by atoms with Crippen molar-refractivity contribution in [1.82, 2.24) is 4.98 Å². The molecule has 0 aliphatic rings. The molecule has 0 saturated heterocycles. The molecule has 4 heteroatoms. The van der Waals surface area contributed by atoms with Crippen LogP contribution in [0.1, 0.15) is 18.5 Å². The molecule has 1 heterocycles. The first-order chi connectivity index (χ1) is 8.16. The summed E-state index contributed by atoms with van der Waals surface area (Å²) in [5.41, 5.74) is 2.09. The smallest absolute Gasteiger partial charge is 0.0638 e. The summed E-state index contributed by atoms with van der Waals surface area (Å²) in [7, 11) is 0. The van der Waals surface area contributed by atoms with Crippen molar-refractivity contribution in [3.05, 3.63) is 56.9 Å². The molecular weight excluding hydrogens is 347 g/mol. The number of pyridine rings is 1. The summed E-state index contributed by atoms with van der Waals surface area (Å²) in [6.07, 6.45) is 3.63. The van der Waals surface area contributed by atoms with Crippen molar-refractivity contribution in [2.75, 3.05) is 5.32 Å². The molecule has 0 aliphatic carbocycles. The first-order valence-electron chi connectivity index (χ1n) is 5.28. The van der Waals surface area contributed by atoms with Crippen molar-refractivity contribution in [3.8, 4) is 0 Å². The minimum Gasteiger partial charge on any atom is -0.377 e. The second-order valence-corrected chi connectivity index (χ2v) is 5.43. The number of halogens is 2. The van der Waals surface area contributed by atoms with E-state index in [4.69, 9.17) is 11.6 Å². The van der Waals surface area contributed by atoms with Gasteiger partial charge < -0.3 is 5.32 Å². The standard InChI is InChI=1S/C13H12ClIN2/c1-9(10-3-2-6-16-8-10)17-13-7-11(15)4-5-12(13)14/h2-9,17H,1H3. The Hall–Kier alpha value is -0.810. The van der Waals surface area contributed by atoms with E-state index in [0.717, 1.165) is 19.8 Å². The average Bonchev–Trinajstić information content (AvgIpc) is 2.35. The van der Waals surface area contributed by atoms with Crippen LogP contribution in [0.4, 0.5) is 5.69 Å². The highest BCUT2D eigenvalue weighted by Crippen LogP contribution is 2.27. The van der Waals surface area contributed by atoms with E-state index in [1.54, 1.807) is 6.20 Å². The molecular formula is C13H12ClIN2. The summed E-state index contributed by atoms with van der Waals surface area (Å²) in [5, 5.41) is 4.13. The van der Waals surface area contributed by atoms with Gasteiger partial charge in [-0.1, -0.05) is 17.7 Å². The van der Waals surface area contributed by atoms with Gasteiger partial charge in [-0.2, -0.15) is 0 Å². The van der Waals surface area contributed by atoms with E-state index in [0.29, 0.717) is 0 Å². The molecule has 0 radical (unpaired) electrons. The Morgan fingerprint density at radius 1 is 1.35 bits per heavy atom. The van der Waals surface area contributed by atoms with Gasteiger partial charge in [0.05, 0.1) is 16.8 Å². The molecule has 1 unspecified atom stereocenters. The molecule has 0 amide bonds. The van der Waals surface area contributed by atoms with Crippen LogP contribution in [0.15, 0.2) is 42.7 Å². The fraction of sp³-hybridized carbons (Fsp3) is 0.154.